The van der Waals surface area contributed by atoms with Crippen LogP contribution in [0.4, 0.5) is 5.00 Å². The molecule has 1 atom stereocenters. The van der Waals surface area contributed by atoms with Gasteiger partial charge in [0, 0.05) is 10.4 Å². The molecule has 116 valence electrons. The van der Waals surface area contributed by atoms with Crippen LogP contribution in [-0.2, 0) is 17.6 Å². The number of aryl methyl sites for hydroxylation is 1. The number of carbonyl (C=O) groups is 2. The number of amides is 1. The molecular formula is C14H20N2O4S. The Bertz CT molecular complexity index is 541. The summed E-state index contributed by atoms with van der Waals surface area (Å²) in [6.07, 6.45) is 2.56. The summed E-state index contributed by atoms with van der Waals surface area (Å²) >= 11 is 1.34. The first kappa shape index (κ1) is 15.9. The Labute approximate surface area is 127 Å². The number of rotatable bonds is 7. The molecule has 0 saturated carbocycles. The Hall–Kier alpha value is -1.44. The average molecular weight is 312 g/mol. The zero-order chi connectivity index (χ0) is 15.4. The van der Waals surface area contributed by atoms with Crippen molar-refractivity contribution in [2.45, 2.75) is 26.2 Å². The van der Waals surface area contributed by atoms with Crippen LogP contribution < -0.4 is 15.3 Å². The highest BCUT2D eigenvalue weighted by molar-refractivity contribution is 7.17. The Kier molecular flexibility index (Phi) is 5.33. The fraction of sp³-hybridized carbons (Fsp3) is 0.571. The second-order valence-corrected chi connectivity index (χ2v) is 6.26. The van der Waals surface area contributed by atoms with E-state index in [4.69, 9.17) is 5.11 Å². The van der Waals surface area contributed by atoms with Gasteiger partial charge in [0.15, 0.2) is 6.54 Å². The van der Waals surface area contributed by atoms with E-state index in [1.165, 1.54) is 11.3 Å². The number of aromatic carboxylic acids is 1. The standard InChI is InChI=1S/C14H20N2O4S/c1-2-16(6-7-17)8-11(18)15-13-12(14(19)20)9-4-3-5-10(9)21-13/h17H,2-8H2,1H3,(H,15,18)(H,19,20). The monoisotopic (exact) mass is 312 g/mol. The summed E-state index contributed by atoms with van der Waals surface area (Å²) in [5.41, 5.74) is 0.978. The molecule has 2 rings (SSSR count). The number of carboxylic acids is 1. The minimum atomic E-state index is -1.22. The molecule has 6 nitrogen and oxygen atoms in total. The molecule has 1 aliphatic rings. The second-order valence-electron chi connectivity index (χ2n) is 5.15. The Morgan fingerprint density at radius 2 is 2.19 bits per heavy atom. The van der Waals surface area contributed by atoms with Gasteiger partial charge in [-0.1, -0.05) is 0 Å². The van der Waals surface area contributed by atoms with E-state index in [2.05, 4.69) is 5.32 Å². The van der Waals surface area contributed by atoms with Gasteiger partial charge >= 0.3 is 0 Å². The van der Waals surface area contributed by atoms with Crippen molar-refractivity contribution in [3.8, 4) is 0 Å². The maximum Gasteiger partial charge on any atom is 0.280 e. The SMILES string of the molecule is CC[NH+](CCO)CC(=O)Nc1sc2c(c1C(=O)[O-])CCC2. The quantitative estimate of drug-likeness (QED) is 0.567. The summed E-state index contributed by atoms with van der Waals surface area (Å²) < 4.78 is 0. The van der Waals surface area contributed by atoms with Crippen LogP contribution in [0.15, 0.2) is 0 Å². The van der Waals surface area contributed by atoms with E-state index >= 15 is 0 Å². The zero-order valence-corrected chi connectivity index (χ0v) is 12.8. The van der Waals surface area contributed by atoms with Gasteiger partial charge in [0.05, 0.1) is 19.1 Å². The number of carbonyl (C=O) groups excluding carboxylic acids is 2. The largest absolute Gasteiger partial charge is 0.545 e. The van der Waals surface area contributed by atoms with Crippen molar-refractivity contribution in [2.75, 3.05) is 31.6 Å². The third-order valence-corrected chi connectivity index (χ3v) is 4.96. The number of aliphatic hydroxyl groups excluding tert-OH is 1. The van der Waals surface area contributed by atoms with Gasteiger partial charge in [0.1, 0.15) is 11.5 Å². The number of nitrogens with one attached hydrogen (secondary N) is 2. The fourth-order valence-electron chi connectivity index (χ4n) is 2.65. The normalized spacial score (nSPS) is 14.8. The molecule has 0 spiro atoms. The van der Waals surface area contributed by atoms with E-state index in [-0.39, 0.29) is 24.6 Å². The van der Waals surface area contributed by atoms with Crippen LogP contribution in [0.3, 0.4) is 0 Å². The van der Waals surface area contributed by atoms with E-state index in [1.54, 1.807) is 0 Å². The predicted octanol–water partition coefficient (Wildman–Crippen LogP) is -1.56. The molecule has 1 heterocycles. The summed E-state index contributed by atoms with van der Waals surface area (Å²) in [5.74, 6) is -1.46. The van der Waals surface area contributed by atoms with Crippen molar-refractivity contribution in [1.82, 2.24) is 0 Å². The number of carboxylic acid groups (broad SMARTS) is 1. The maximum absolute atomic E-state index is 12.0. The van der Waals surface area contributed by atoms with Crippen molar-refractivity contribution in [1.29, 1.82) is 0 Å². The summed E-state index contributed by atoms with van der Waals surface area (Å²) in [4.78, 5) is 25.3. The van der Waals surface area contributed by atoms with Gasteiger partial charge in [0.25, 0.3) is 5.91 Å². The summed E-state index contributed by atoms with van der Waals surface area (Å²) in [5, 5.41) is 23.3. The first-order valence-corrected chi connectivity index (χ1v) is 7.98. The van der Waals surface area contributed by atoms with Crippen molar-refractivity contribution in [3.05, 3.63) is 16.0 Å². The number of hydrogen-bond donors (Lipinski definition) is 3. The molecule has 1 amide bonds. The second kappa shape index (κ2) is 7.02. The zero-order valence-electron chi connectivity index (χ0n) is 12.0. The van der Waals surface area contributed by atoms with E-state index in [1.807, 2.05) is 6.92 Å². The summed E-state index contributed by atoms with van der Waals surface area (Å²) in [6.45, 7) is 3.39. The number of fused-ring (bicyclic) bond motifs is 1. The summed E-state index contributed by atoms with van der Waals surface area (Å²) in [6, 6.07) is 0. The lowest BCUT2D eigenvalue weighted by atomic mass is 10.1. The van der Waals surface area contributed by atoms with E-state index in [9.17, 15) is 14.7 Å². The molecule has 1 aromatic rings. The minimum absolute atomic E-state index is 0.0219. The first-order valence-electron chi connectivity index (χ1n) is 7.17. The molecule has 7 heteroatoms. The molecule has 1 unspecified atom stereocenters. The van der Waals surface area contributed by atoms with Gasteiger partial charge in [-0.05, 0) is 31.7 Å². The van der Waals surface area contributed by atoms with E-state index in [0.29, 0.717) is 11.5 Å². The van der Waals surface area contributed by atoms with Crippen molar-refractivity contribution < 1.29 is 24.7 Å². The van der Waals surface area contributed by atoms with Crippen LogP contribution in [0.25, 0.3) is 0 Å². The van der Waals surface area contributed by atoms with Gasteiger partial charge in [-0.15, -0.1) is 11.3 Å². The number of quaternary nitrogens is 1. The van der Waals surface area contributed by atoms with Crippen LogP contribution in [0, 0.1) is 0 Å². The lowest BCUT2D eigenvalue weighted by Crippen LogP contribution is -3.13. The van der Waals surface area contributed by atoms with Gasteiger partial charge in [-0.3, -0.25) is 4.79 Å². The van der Waals surface area contributed by atoms with Crippen LogP contribution in [0.2, 0.25) is 0 Å². The number of aliphatic hydroxyl groups is 1. The highest BCUT2D eigenvalue weighted by Gasteiger charge is 2.24. The van der Waals surface area contributed by atoms with E-state index in [0.717, 1.165) is 41.1 Å². The number of likely N-dealkylation sites (N-methyl/N-ethyl adjacent to an activating group) is 1. The highest BCUT2D eigenvalue weighted by atomic mass is 32.1. The molecule has 1 aliphatic carbocycles. The lowest BCUT2D eigenvalue weighted by molar-refractivity contribution is -0.890. The maximum atomic E-state index is 12.0. The van der Waals surface area contributed by atoms with Crippen molar-refractivity contribution in [2.24, 2.45) is 0 Å². The third-order valence-electron chi connectivity index (χ3n) is 3.75. The molecule has 1 aromatic heterocycles. The van der Waals surface area contributed by atoms with Crippen molar-refractivity contribution in [3.63, 3.8) is 0 Å². The van der Waals surface area contributed by atoms with Gasteiger partial charge in [-0.25, -0.2) is 0 Å². The molecule has 0 aromatic carbocycles. The molecule has 0 fully saturated rings. The number of thiophene rings is 1. The number of hydrogen-bond acceptors (Lipinski definition) is 5. The Balaban J connectivity index is 2.09. The Morgan fingerprint density at radius 3 is 2.81 bits per heavy atom. The van der Waals surface area contributed by atoms with Crippen LogP contribution >= 0.6 is 11.3 Å². The lowest BCUT2D eigenvalue weighted by Gasteiger charge is -2.16. The molecular weight excluding hydrogens is 292 g/mol. The fourth-order valence-corrected chi connectivity index (χ4v) is 3.95. The average Bonchev–Trinajstić information content (AvgIpc) is 2.97. The Morgan fingerprint density at radius 1 is 1.43 bits per heavy atom. The van der Waals surface area contributed by atoms with E-state index < -0.39 is 5.97 Å². The van der Waals surface area contributed by atoms with Gasteiger partial charge in [0.2, 0.25) is 0 Å². The molecule has 0 saturated heterocycles. The third kappa shape index (κ3) is 3.61. The van der Waals surface area contributed by atoms with Gasteiger partial charge in [-0.2, -0.15) is 0 Å². The van der Waals surface area contributed by atoms with Crippen molar-refractivity contribution >= 4 is 28.2 Å². The first-order chi connectivity index (χ1) is 10.1. The summed E-state index contributed by atoms with van der Waals surface area (Å²) in [7, 11) is 0. The smallest absolute Gasteiger partial charge is 0.280 e. The molecule has 21 heavy (non-hydrogen) atoms. The molecule has 3 N–H and O–H groups in total. The predicted molar refractivity (Wildman–Crippen MR) is 77.6 cm³/mol. The molecule has 0 radical (unpaired) electrons. The van der Waals surface area contributed by atoms with Crippen LogP contribution in [0.5, 0.6) is 0 Å². The highest BCUT2D eigenvalue weighted by Crippen LogP contribution is 2.38. The van der Waals surface area contributed by atoms with Crippen LogP contribution in [0.1, 0.15) is 34.1 Å². The topological polar surface area (TPSA) is 93.9 Å². The van der Waals surface area contributed by atoms with Gasteiger partial charge < -0.3 is 25.2 Å². The molecule has 0 bridgehead atoms. The number of anilines is 1. The molecule has 0 aliphatic heterocycles. The minimum Gasteiger partial charge on any atom is -0.545 e. The van der Waals surface area contributed by atoms with Crippen LogP contribution in [-0.4, -0.2) is 43.2 Å².